The van der Waals surface area contributed by atoms with Crippen molar-refractivity contribution < 1.29 is 4.74 Å². The molecule has 1 aliphatic heterocycles. The number of nitrogens with one attached hydrogen (secondary N) is 1. The predicted molar refractivity (Wildman–Crippen MR) is 83.3 cm³/mol. The number of ether oxygens (including phenoxy) is 1. The molecule has 1 saturated carbocycles. The van der Waals surface area contributed by atoms with E-state index in [2.05, 4.69) is 30.4 Å². The van der Waals surface area contributed by atoms with Gasteiger partial charge in [-0.2, -0.15) is 0 Å². The van der Waals surface area contributed by atoms with E-state index in [4.69, 9.17) is 4.74 Å². The number of fused-ring (bicyclic) bond motifs is 1. The molecular weight excluding hydrogens is 246 g/mol. The average molecular weight is 273 g/mol. The molecule has 1 unspecified atom stereocenters. The van der Waals surface area contributed by atoms with E-state index in [1.807, 2.05) is 0 Å². The topological polar surface area (TPSA) is 21.3 Å². The molecule has 0 amide bonds. The minimum Gasteiger partial charge on any atom is -0.493 e. The van der Waals surface area contributed by atoms with E-state index in [0.29, 0.717) is 6.04 Å². The van der Waals surface area contributed by atoms with Crippen LogP contribution < -0.4 is 10.1 Å². The van der Waals surface area contributed by atoms with Crippen LogP contribution in [0.5, 0.6) is 5.75 Å². The van der Waals surface area contributed by atoms with E-state index in [9.17, 15) is 0 Å². The van der Waals surface area contributed by atoms with Crippen LogP contribution in [0.15, 0.2) is 18.2 Å². The van der Waals surface area contributed by atoms with Crippen molar-refractivity contribution in [2.24, 2.45) is 5.92 Å². The first-order valence-electron chi connectivity index (χ1n) is 8.38. The molecule has 2 aliphatic rings. The van der Waals surface area contributed by atoms with Gasteiger partial charge >= 0.3 is 0 Å². The van der Waals surface area contributed by atoms with Gasteiger partial charge in [-0.25, -0.2) is 0 Å². The molecule has 1 atom stereocenters. The molecule has 2 nitrogen and oxygen atoms in total. The van der Waals surface area contributed by atoms with Crippen molar-refractivity contribution in [1.82, 2.24) is 5.32 Å². The molecule has 0 bridgehead atoms. The highest BCUT2D eigenvalue weighted by Crippen LogP contribution is 2.40. The Kier molecular flexibility index (Phi) is 4.62. The summed E-state index contributed by atoms with van der Waals surface area (Å²) in [6.07, 6.45) is 9.21. The van der Waals surface area contributed by atoms with Gasteiger partial charge < -0.3 is 10.1 Å². The molecule has 0 radical (unpaired) electrons. The highest BCUT2D eigenvalue weighted by Gasteiger charge is 2.29. The van der Waals surface area contributed by atoms with Crippen LogP contribution in [0, 0.1) is 5.92 Å². The van der Waals surface area contributed by atoms with Gasteiger partial charge in [-0.3, -0.25) is 0 Å². The maximum Gasteiger partial charge on any atom is 0.127 e. The number of para-hydroxylation sites is 1. The second kappa shape index (κ2) is 6.62. The van der Waals surface area contributed by atoms with Crippen molar-refractivity contribution in [3.05, 3.63) is 29.3 Å². The van der Waals surface area contributed by atoms with Crippen LogP contribution in [0.4, 0.5) is 0 Å². The van der Waals surface area contributed by atoms with Crippen LogP contribution in [-0.4, -0.2) is 13.2 Å². The maximum absolute atomic E-state index is 5.94. The van der Waals surface area contributed by atoms with Gasteiger partial charge in [0.05, 0.1) is 6.61 Å². The lowest BCUT2D eigenvalue weighted by Crippen LogP contribution is -2.30. The van der Waals surface area contributed by atoms with Crippen LogP contribution >= 0.6 is 0 Å². The fraction of sp³-hybridized carbons (Fsp3) is 0.667. The number of benzene rings is 1. The van der Waals surface area contributed by atoms with E-state index >= 15 is 0 Å². The lowest BCUT2D eigenvalue weighted by Gasteiger charge is -2.32. The van der Waals surface area contributed by atoms with Crippen molar-refractivity contribution in [3.8, 4) is 5.75 Å². The summed E-state index contributed by atoms with van der Waals surface area (Å²) >= 11 is 0. The molecule has 1 N–H and O–H groups in total. The number of hydrogen-bond acceptors (Lipinski definition) is 2. The summed E-state index contributed by atoms with van der Waals surface area (Å²) in [6.45, 7) is 4.21. The summed E-state index contributed by atoms with van der Waals surface area (Å²) < 4.78 is 5.94. The normalized spacial score (nSPS) is 20.4. The van der Waals surface area contributed by atoms with Crippen LogP contribution in [0.3, 0.4) is 0 Å². The van der Waals surface area contributed by atoms with Crippen LogP contribution in [0.25, 0.3) is 0 Å². The van der Waals surface area contributed by atoms with E-state index in [1.165, 1.54) is 55.4 Å². The Labute approximate surface area is 122 Å². The SMILES string of the molecule is CCCNC(c1cccc2c1OCC2)C1CCCCC1. The van der Waals surface area contributed by atoms with Crippen molar-refractivity contribution in [2.75, 3.05) is 13.2 Å². The zero-order valence-corrected chi connectivity index (χ0v) is 12.7. The average Bonchev–Trinajstić information content (AvgIpc) is 2.98. The number of hydrogen-bond donors (Lipinski definition) is 1. The minimum absolute atomic E-state index is 0.489. The summed E-state index contributed by atoms with van der Waals surface area (Å²) in [7, 11) is 0. The smallest absolute Gasteiger partial charge is 0.127 e. The van der Waals surface area contributed by atoms with E-state index in [0.717, 1.165) is 25.5 Å². The third-order valence-electron chi connectivity index (χ3n) is 4.82. The fourth-order valence-electron chi connectivity index (χ4n) is 3.78. The monoisotopic (exact) mass is 273 g/mol. The third kappa shape index (κ3) is 2.85. The summed E-state index contributed by atoms with van der Waals surface area (Å²) in [5.41, 5.74) is 2.82. The lowest BCUT2D eigenvalue weighted by molar-refractivity contribution is 0.264. The molecule has 0 aromatic heterocycles. The Hall–Kier alpha value is -1.02. The zero-order valence-electron chi connectivity index (χ0n) is 12.7. The molecule has 1 aromatic carbocycles. The summed E-state index contributed by atoms with van der Waals surface area (Å²) in [4.78, 5) is 0. The Balaban J connectivity index is 1.86. The zero-order chi connectivity index (χ0) is 13.8. The van der Waals surface area contributed by atoms with Crippen molar-refractivity contribution in [2.45, 2.75) is 57.9 Å². The Morgan fingerprint density at radius 3 is 2.90 bits per heavy atom. The Morgan fingerprint density at radius 1 is 1.25 bits per heavy atom. The van der Waals surface area contributed by atoms with Gasteiger partial charge in [0.25, 0.3) is 0 Å². The molecule has 1 aromatic rings. The minimum atomic E-state index is 0.489. The van der Waals surface area contributed by atoms with Gasteiger partial charge in [0, 0.05) is 18.0 Å². The maximum atomic E-state index is 5.94. The molecule has 110 valence electrons. The van der Waals surface area contributed by atoms with E-state index in [1.54, 1.807) is 0 Å². The third-order valence-corrected chi connectivity index (χ3v) is 4.82. The van der Waals surface area contributed by atoms with Crippen LogP contribution in [0.1, 0.15) is 62.6 Å². The summed E-state index contributed by atoms with van der Waals surface area (Å²) in [5, 5.41) is 3.81. The highest BCUT2D eigenvalue weighted by molar-refractivity contribution is 5.46. The van der Waals surface area contributed by atoms with Crippen molar-refractivity contribution >= 4 is 0 Å². The van der Waals surface area contributed by atoms with Gasteiger partial charge in [-0.15, -0.1) is 0 Å². The van der Waals surface area contributed by atoms with Gasteiger partial charge in [0.15, 0.2) is 0 Å². The van der Waals surface area contributed by atoms with E-state index in [-0.39, 0.29) is 0 Å². The molecule has 1 aliphatic carbocycles. The molecule has 20 heavy (non-hydrogen) atoms. The fourth-order valence-corrected chi connectivity index (χ4v) is 3.78. The van der Waals surface area contributed by atoms with Crippen LogP contribution in [0.2, 0.25) is 0 Å². The van der Waals surface area contributed by atoms with E-state index < -0.39 is 0 Å². The van der Waals surface area contributed by atoms with Gasteiger partial charge in [0.2, 0.25) is 0 Å². The predicted octanol–water partition coefficient (Wildman–Crippen LogP) is 4.24. The first-order valence-corrected chi connectivity index (χ1v) is 8.38. The van der Waals surface area contributed by atoms with Crippen molar-refractivity contribution in [3.63, 3.8) is 0 Å². The summed E-state index contributed by atoms with van der Waals surface area (Å²) in [5.74, 6) is 1.97. The highest BCUT2D eigenvalue weighted by atomic mass is 16.5. The number of rotatable bonds is 5. The first kappa shape index (κ1) is 13.9. The van der Waals surface area contributed by atoms with Crippen molar-refractivity contribution in [1.29, 1.82) is 0 Å². The van der Waals surface area contributed by atoms with Gasteiger partial charge in [0.1, 0.15) is 5.75 Å². The Bertz CT molecular complexity index is 437. The quantitative estimate of drug-likeness (QED) is 0.866. The summed E-state index contributed by atoms with van der Waals surface area (Å²) in [6, 6.07) is 7.21. The molecule has 1 fully saturated rings. The first-order chi connectivity index (χ1) is 9.90. The molecule has 2 heteroatoms. The molecule has 3 rings (SSSR count). The Morgan fingerprint density at radius 2 is 2.10 bits per heavy atom. The molecular formula is C18H27NO. The molecule has 1 heterocycles. The second-order valence-corrected chi connectivity index (χ2v) is 6.26. The second-order valence-electron chi connectivity index (χ2n) is 6.26. The van der Waals surface area contributed by atoms with Gasteiger partial charge in [-0.05, 0) is 37.3 Å². The van der Waals surface area contributed by atoms with Gasteiger partial charge in [-0.1, -0.05) is 44.4 Å². The lowest BCUT2D eigenvalue weighted by atomic mass is 9.80. The largest absolute Gasteiger partial charge is 0.493 e. The molecule has 0 spiro atoms. The van der Waals surface area contributed by atoms with Crippen LogP contribution in [-0.2, 0) is 6.42 Å². The standard InChI is InChI=1S/C18H27NO/c1-2-12-19-17(14-7-4-3-5-8-14)16-10-6-9-15-11-13-20-18(15)16/h6,9-10,14,17,19H,2-5,7-8,11-13H2,1H3. The molecule has 0 saturated heterocycles.